The number of rotatable bonds is 1. The van der Waals surface area contributed by atoms with E-state index in [0.29, 0.717) is 0 Å². The molecule has 1 N–H and O–H groups in total. The molecule has 0 heterocycles. The Labute approximate surface area is 43.8 Å². The summed E-state index contributed by atoms with van der Waals surface area (Å²) in [7, 11) is 1.84. The van der Waals surface area contributed by atoms with Gasteiger partial charge in [-0.3, -0.25) is 0 Å². The van der Waals surface area contributed by atoms with E-state index in [1.807, 2.05) is 20.0 Å². The fraction of sp³-hybridized carbons (Fsp3) is 0.500. The first-order valence-electron chi connectivity index (χ1n) is 1.84. The van der Waals surface area contributed by atoms with Crippen molar-refractivity contribution < 1.29 is 0 Å². The van der Waals surface area contributed by atoms with Gasteiger partial charge >= 0.3 is 0 Å². The van der Waals surface area contributed by atoms with E-state index in [9.17, 15) is 0 Å². The largest absolute Gasteiger partial charge is 0.383 e. The fourth-order valence-electron chi connectivity index (χ4n) is 0.144. The van der Waals surface area contributed by atoms with Gasteiger partial charge in [0, 0.05) is 7.05 Å². The van der Waals surface area contributed by atoms with Crippen molar-refractivity contribution >= 4 is 12.6 Å². The van der Waals surface area contributed by atoms with Crippen molar-refractivity contribution in [2.24, 2.45) is 0 Å². The lowest BCUT2D eigenvalue weighted by atomic mass is 10.7. The van der Waals surface area contributed by atoms with Gasteiger partial charge in [0.25, 0.3) is 0 Å². The van der Waals surface area contributed by atoms with Crippen molar-refractivity contribution in [2.45, 2.75) is 6.92 Å². The molecule has 0 saturated carbocycles. The smallest absolute Gasteiger partial charge is 0.0604 e. The van der Waals surface area contributed by atoms with Crippen LogP contribution in [0.3, 0.4) is 0 Å². The van der Waals surface area contributed by atoms with E-state index in [2.05, 4.69) is 17.9 Å². The van der Waals surface area contributed by atoms with Crippen molar-refractivity contribution in [3.8, 4) is 0 Å². The molecular formula is C4H9NS. The third-order valence-corrected chi connectivity index (χ3v) is 1.01. The Bertz CT molecular complexity index is 58.6. The van der Waals surface area contributed by atoms with E-state index in [-0.39, 0.29) is 0 Å². The van der Waals surface area contributed by atoms with Gasteiger partial charge in [-0.2, -0.15) is 0 Å². The summed E-state index contributed by atoms with van der Waals surface area (Å²) in [6.45, 7) is 1.93. The van der Waals surface area contributed by atoms with Crippen LogP contribution < -0.4 is 5.32 Å². The number of thiol groups is 1. The average Bonchev–Trinajstić information content (AvgIpc) is 1.65. The quantitative estimate of drug-likeness (QED) is 0.472. The van der Waals surface area contributed by atoms with Gasteiger partial charge < -0.3 is 5.32 Å². The number of hydrogen-bond acceptors (Lipinski definition) is 2. The maximum Gasteiger partial charge on any atom is 0.0604 e. The van der Waals surface area contributed by atoms with Crippen LogP contribution in [0.25, 0.3) is 0 Å². The standard InChI is InChI=1S/C4H9NS/c1-3-4(6)5-2/h3,5-6H,1-2H3/b4-3+. The van der Waals surface area contributed by atoms with Crippen LogP contribution in [0.4, 0.5) is 0 Å². The maximum atomic E-state index is 3.98. The van der Waals surface area contributed by atoms with Crippen LogP contribution in [-0.4, -0.2) is 7.05 Å². The van der Waals surface area contributed by atoms with Gasteiger partial charge in [0.1, 0.15) is 0 Å². The van der Waals surface area contributed by atoms with Gasteiger partial charge in [0.05, 0.1) is 5.03 Å². The van der Waals surface area contributed by atoms with Gasteiger partial charge in [-0.25, -0.2) is 0 Å². The summed E-state index contributed by atoms with van der Waals surface area (Å²) in [5.41, 5.74) is 0. The van der Waals surface area contributed by atoms with Crippen LogP contribution in [0.5, 0.6) is 0 Å². The Kier molecular flexibility index (Phi) is 3.04. The summed E-state index contributed by atoms with van der Waals surface area (Å²) in [6.07, 6.45) is 1.89. The highest BCUT2D eigenvalue weighted by Gasteiger charge is 1.70. The zero-order chi connectivity index (χ0) is 4.99. The first-order chi connectivity index (χ1) is 2.81. The zero-order valence-corrected chi connectivity index (χ0v) is 4.92. The molecule has 0 fully saturated rings. The summed E-state index contributed by atoms with van der Waals surface area (Å²) in [5.74, 6) is 0. The monoisotopic (exact) mass is 103 g/mol. The van der Waals surface area contributed by atoms with Gasteiger partial charge in [0.2, 0.25) is 0 Å². The molecular weight excluding hydrogens is 94.1 g/mol. The van der Waals surface area contributed by atoms with Crippen molar-refractivity contribution in [2.75, 3.05) is 7.05 Å². The summed E-state index contributed by atoms with van der Waals surface area (Å²) in [5, 5.41) is 3.75. The first-order valence-corrected chi connectivity index (χ1v) is 2.29. The summed E-state index contributed by atoms with van der Waals surface area (Å²) in [4.78, 5) is 0. The lowest BCUT2D eigenvalue weighted by Gasteiger charge is -1.90. The van der Waals surface area contributed by atoms with Crippen LogP contribution in [0, 0.1) is 0 Å². The molecule has 0 aliphatic carbocycles. The number of allylic oxidation sites excluding steroid dienone is 1. The van der Waals surface area contributed by atoms with Crippen molar-refractivity contribution in [3.05, 3.63) is 11.1 Å². The van der Waals surface area contributed by atoms with Crippen molar-refractivity contribution in [1.82, 2.24) is 5.32 Å². The predicted molar refractivity (Wildman–Crippen MR) is 31.8 cm³/mol. The van der Waals surface area contributed by atoms with Gasteiger partial charge in [0.15, 0.2) is 0 Å². The minimum atomic E-state index is 0.912. The Hall–Kier alpha value is -0.110. The van der Waals surface area contributed by atoms with Gasteiger partial charge in [-0.15, -0.1) is 12.6 Å². The molecule has 1 nitrogen and oxygen atoms in total. The second-order valence-electron chi connectivity index (χ2n) is 0.924. The molecule has 0 saturated heterocycles. The lowest BCUT2D eigenvalue weighted by Crippen LogP contribution is -1.97. The molecule has 0 unspecified atom stereocenters. The molecule has 0 atom stereocenters. The highest BCUT2D eigenvalue weighted by atomic mass is 32.1. The molecule has 0 amide bonds. The molecule has 0 rings (SSSR count). The molecule has 2 heteroatoms. The molecule has 36 valence electrons. The van der Waals surface area contributed by atoms with Crippen LogP contribution >= 0.6 is 12.6 Å². The van der Waals surface area contributed by atoms with Crippen molar-refractivity contribution in [3.63, 3.8) is 0 Å². The fourth-order valence-corrected chi connectivity index (χ4v) is 0.144. The molecule has 6 heavy (non-hydrogen) atoms. The zero-order valence-electron chi connectivity index (χ0n) is 4.02. The lowest BCUT2D eigenvalue weighted by molar-refractivity contribution is 1.08. The predicted octanol–water partition coefficient (Wildman–Crippen LogP) is 0.997. The van der Waals surface area contributed by atoms with Crippen molar-refractivity contribution in [1.29, 1.82) is 0 Å². The normalized spacial score (nSPS) is 11.5. The van der Waals surface area contributed by atoms with E-state index in [4.69, 9.17) is 0 Å². The Morgan fingerprint density at radius 3 is 2.33 bits per heavy atom. The van der Waals surface area contributed by atoms with E-state index in [1.54, 1.807) is 0 Å². The molecule has 0 aromatic carbocycles. The molecule has 0 aromatic heterocycles. The van der Waals surface area contributed by atoms with Gasteiger partial charge in [-0.1, -0.05) is 6.08 Å². The molecule has 0 aliphatic rings. The van der Waals surface area contributed by atoms with E-state index in [1.165, 1.54) is 0 Å². The molecule has 0 aromatic rings. The summed E-state index contributed by atoms with van der Waals surface area (Å²) >= 11 is 3.98. The topological polar surface area (TPSA) is 12.0 Å². The Morgan fingerprint density at radius 2 is 2.33 bits per heavy atom. The number of hydrogen-bond donors (Lipinski definition) is 2. The summed E-state index contributed by atoms with van der Waals surface area (Å²) < 4.78 is 0. The first kappa shape index (κ1) is 5.89. The Morgan fingerprint density at radius 1 is 1.83 bits per heavy atom. The average molecular weight is 103 g/mol. The highest BCUT2D eigenvalue weighted by molar-refractivity contribution is 7.84. The highest BCUT2D eigenvalue weighted by Crippen LogP contribution is 1.88. The van der Waals surface area contributed by atoms with Crippen LogP contribution in [0.1, 0.15) is 6.92 Å². The Balaban J connectivity index is 3.22. The molecule has 0 radical (unpaired) electrons. The summed E-state index contributed by atoms with van der Waals surface area (Å²) in [6, 6.07) is 0. The minimum Gasteiger partial charge on any atom is -0.383 e. The third kappa shape index (κ3) is 2.15. The number of nitrogens with one attached hydrogen (secondary N) is 1. The van der Waals surface area contributed by atoms with Gasteiger partial charge in [-0.05, 0) is 6.92 Å². The van der Waals surface area contributed by atoms with E-state index < -0.39 is 0 Å². The van der Waals surface area contributed by atoms with E-state index in [0.717, 1.165) is 5.03 Å². The third-order valence-electron chi connectivity index (χ3n) is 0.530. The van der Waals surface area contributed by atoms with Crippen LogP contribution in [-0.2, 0) is 0 Å². The maximum absolute atomic E-state index is 3.98. The molecule has 0 aliphatic heterocycles. The second kappa shape index (κ2) is 3.09. The SMILES string of the molecule is C/C=C(/S)NC. The molecule has 0 bridgehead atoms. The minimum absolute atomic E-state index is 0.912. The van der Waals surface area contributed by atoms with E-state index >= 15 is 0 Å². The second-order valence-corrected chi connectivity index (χ2v) is 1.41. The van der Waals surface area contributed by atoms with Crippen LogP contribution in [0.2, 0.25) is 0 Å². The molecule has 0 spiro atoms. The van der Waals surface area contributed by atoms with Crippen LogP contribution in [0.15, 0.2) is 11.1 Å².